The summed E-state index contributed by atoms with van der Waals surface area (Å²) < 4.78 is 0. The lowest BCUT2D eigenvalue weighted by Crippen LogP contribution is -2.67. The largest absolute Gasteiger partial charge is 0.352 e. The number of hydrogen-bond donors (Lipinski definition) is 1. The normalized spacial score (nSPS) is 49.6. The Hall–Kier alpha value is -1.31. The quantitative estimate of drug-likeness (QED) is 0.649. The minimum atomic E-state index is 0.305. The number of hydrogen-bond acceptors (Lipinski definition) is 1. The summed E-state index contributed by atoms with van der Waals surface area (Å²) in [6.45, 7) is 0. The molecule has 2 saturated carbocycles. The molecule has 0 aromatic heterocycles. The zero-order chi connectivity index (χ0) is 10.4. The Balaban J connectivity index is 1.79. The number of benzene rings is 1. The van der Waals surface area contributed by atoms with Crippen molar-refractivity contribution in [1.29, 1.82) is 0 Å². The van der Waals surface area contributed by atoms with Gasteiger partial charge >= 0.3 is 0 Å². The van der Waals surface area contributed by atoms with Gasteiger partial charge in [0.1, 0.15) is 0 Å². The van der Waals surface area contributed by atoms with Crippen LogP contribution in [0.2, 0.25) is 0 Å². The van der Waals surface area contributed by atoms with Crippen LogP contribution in [0.1, 0.15) is 29.4 Å². The monoisotopic (exact) mass is 211 g/mol. The van der Waals surface area contributed by atoms with Gasteiger partial charge in [-0.3, -0.25) is 4.79 Å². The first-order valence-electron chi connectivity index (χ1n) is 6.25. The van der Waals surface area contributed by atoms with E-state index >= 15 is 0 Å². The van der Waals surface area contributed by atoms with Crippen molar-refractivity contribution in [2.75, 3.05) is 0 Å². The van der Waals surface area contributed by atoms with Crippen molar-refractivity contribution in [1.82, 2.24) is 5.32 Å². The second kappa shape index (κ2) is 2.20. The third kappa shape index (κ3) is 0.649. The third-order valence-electron chi connectivity index (χ3n) is 5.30. The molecule has 2 heteroatoms. The molecule has 2 nitrogen and oxygen atoms in total. The van der Waals surface area contributed by atoms with Gasteiger partial charge < -0.3 is 5.32 Å². The van der Waals surface area contributed by atoms with Crippen LogP contribution in [0.5, 0.6) is 0 Å². The van der Waals surface area contributed by atoms with E-state index in [1.54, 1.807) is 0 Å². The van der Waals surface area contributed by atoms with E-state index in [4.69, 9.17) is 0 Å². The van der Waals surface area contributed by atoms with Gasteiger partial charge in [0, 0.05) is 17.9 Å². The number of β-lactam (4-membered cyclic amide) rings is 1. The van der Waals surface area contributed by atoms with Crippen LogP contribution in [0, 0.1) is 17.8 Å². The first-order valence-corrected chi connectivity index (χ1v) is 6.25. The average molecular weight is 211 g/mol. The van der Waals surface area contributed by atoms with Crippen molar-refractivity contribution in [3.63, 3.8) is 0 Å². The molecule has 0 spiro atoms. The Morgan fingerprint density at radius 3 is 2.44 bits per heavy atom. The number of amides is 1. The highest BCUT2D eigenvalue weighted by atomic mass is 16.2. The van der Waals surface area contributed by atoms with Crippen molar-refractivity contribution in [2.45, 2.75) is 24.3 Å². The van der Waals surface area contributed by atoms with Crippen LogP contribution in [-0.2, 0) is 4.79 Å². The predicted octanol–water partition coefficient (Wildman–Crippen LogP) is 1.63. The standard InChI is InChI=1S/C14H13NO/c16-14-12-10-6-3-1-2-4-7(6)11(13(12)15-14)9-5-8(9)10/h1-4,8-13H,5H2,(H,15,16)/t8-,9-,10+,11+,12+,13+/m0/s1. The topological polar surface area (TPSA) is 29.1 Å². The molecule has 1 heterocycles. The SMILES string of the molecule is O=C1N[C@H]2[C@H]1[C@@H]1c3ccccc3[C@@H]2[C@H]2C[C@@H]21. The third-order valence-corrected chi connectivity index (χ3v) is 5.30. The van der Waals surface area contributed by atoms with Gasteiger partial charge in [0.25, 0.3) is 0 Å². The number of carbonyl (C=O) groups excluding carboxylic acids is 1. The predicted molar refractivity (Wildman–Crippen MR) is 58.9 cm³/mol. The molecule has 6 rings (SSSR count). The Labute approximate surface area is 94.0 Å². The van der Waals surface area contributed by atoms with E-state index in [1.165, 1.54) is 17.5 Å². The van der Waals surface area contributed by atoms with E-state index in [9.17, 15) is 4.79 Å². The van der Waals surface area contributed by atoms with Crippen molar-refractivity contribution < 1.29 is 4.79 Å². The highest BCUT2D eigenvalue weighted by molar-refractivity contribution is 5.89. The molecule has 3 fully saturated rings. The number of carbonyl (C=O) groups is 1. The van der Waals surface area contributed by atoms with Crippen LogP contribution >= 0.6 is 0 Å². The van der Waals surface area contributed by atoms with Crippen LogP contribution in [0.3, 0.4) is 0 Å². The van der Waals surface area contributed by atoms with Crippen molar-refractivity contribution in [3.05, 3.63) is 35.4 Å². The Kier molecular flexibility index (Phi) is 1.08. The minimum absolute atomic E-state index is 0.305. The van der Waals surface area contributed by atoms with Crippen molar-refractivity contribution in [2.24, 2.45) is 17.8 Å². The molecule has 5 aliphatic rings. The molecule has 16 heavy (non-hydrogen) atoms. The highest BCUT2D eigenvalue weighted by Crippen LogP contribution is 2.70. The lowest BCUT2D eigenvalue weighted by molar-refractivity contribution is -0.140. The van der Waals surface area contributed by atoms with Gasteiger partial charge in [-0.15, -0.1) is 0 Å². The molecule has 1 aliphatic heterocycles. The van der Waals surface area contributed by atoms with Crippen LogP contribution in [0.4, 0.5) is 0 Å². The maximum absolute atomic E-state index is 11.7. The van der Waals surface area contributed by atoms with E-state index in [1.807, 2.05) is 0 Å². The summed E-state index contributed by atoms with van der Waals surface area (Å²) in [5.41, 5.74) is 3.02. The van der Waals surface area contributed by atoms with Gasteiger partial charge in [0.15, 0.2) is 0 Å². The van der Waals surface area contributed by atoms with Gasteiger partial charge in [-0.2, -0.15) is 0 Å². The summed E-state index contributed by atoms with van der Waals surface area (Å²) in [6.07, 6.45) is 1.35. The summed E-state index contributed by atoms with van der Waals surface area (Å²) in [5.74, 6) is 3.50. The summed E-state index contributed by atoms with van der Waals surface area (Å²) in [5, 5.41) is 3.14. The second-order valence-electron chi connectivity index (χ2n) is 5.80. The molecule has 2 bridgehead atoms. The molecular formula is C14H13NO. The lowest BCUT2D eigenvalue weighted by atomic mass is 9.56. The summed E-state index contributed by atoms with van der Waals surface area (Å²) in [4.78, 5) is 11.7. The first-order chi connectivity index (χ1) is 7.86. The Morgan fingerprint density at radius 1 is 1.00 bits per heavy atom. The van der Waals surface area contributed by atoms with E-state index in [0.29, 0.717) is 29.7 Å². The zero-order valence-corrected chi connectivity index (χ0v) is 8.89. The van der Waals surface area contributed by atoms with Crippen molar-refractivity contribution in [3.8, 4) is 0 Å². The van der Waals surface area contributed by atoms with Gasteiger partial charge in [-0.25, -0.2) is 0 Å². The highest BCUT2D eigenvalue weighted by Gasteiger charge is 2.68. The van der Waals surface area contributed by atoms with E-state index < -0.39 is 0 Å². The van der Waals surface area contributed by atoms with Gasteiger partial charge in [-0.1, -0.05) is 24.3 Å². The zero-order valence-electron chi connectivity index (χ0n) is 8.89. The molecule has 6 atom stereocenters. The lowest BCUT2D eigenvalue weighted by Gasteiger charge is -2.54. The average Bonchev–Trinajstić information content (AvgIpc) is 3.07. The van der Waals surface area contributed by atoms with Crippen molar-refractivity contribution >= 4 is 5.91 Å². The molecular weight excluding hydrogens is 198 g/mol. The molecule has 1 saturated heterocycles. The molecule has 1 amide bonds. The Morgan fingerprint density at radius 2 is 1.69 bits per heavy atom. The fourth-order valence-electron chi connectivity index (χ4n) is 4.68. The fraction of sp³-hybridized carbons (Fsp3) is 0.500. The number of nitrogens with one attached hydrogen (secondary N) is 1. The minimum Gasteiger partial charge on any atom is -0.352 e. The maximum Gasteiger partial charge on any atom is 0.226 e. The van der Waals surface area contributed by atoms with Gasteiger partial charge in [0.2, 0.25) is 5.91 Å². The molecule has 4 aliphatic carbocycles. The Bertz CT molecular complexity index is 523. The molecule has 1 N–H and O–H groups in total. The summed E-state index contributed by atoms with van der Waals surface area (Å²) in [6, 6.07) is 9.27. The van der Waals surface area contributed by atoms with E-state index in [2.05, 4.69) is 29.6 Å². The van der Waals surface area contributed by atoms with Crippen LogP contribution in [0.25, 0.3) is 0 Å². The first kappa shape index (κ1) is 7.88. The molecule has 0 unspecified atom stereocenters. The number of rotatable bonds is 0. The summed E-state index contributed by atoms with van der Waals surface area (Å²) >= 11 is 0. The van der Waals surface area contributed by atoms with Crippen LogP contribution in [-0.4, -0.2) is 11.9 Å². The smallest absolute Gasteiger partial charge is 0.226 e. The second-order valence-corrected chi connectivity index (χ2v) is 5.80. The molecule has 1 aromatic carbocycles. The van der Waals surface area contributed by atoms with Crippen LogP contribution in [0.15, 0.2) is 24.3 Å². The van der Waals surface area contributed by atoms with Gasteiger partial charge in [0.05, 0.1) is 5.92 Å². The van der Waals surface area contributed by atoms with Crippen LogP contribution < -0.4 is 5.32 Å². The molecule has 0 radical (unpaired) electrons. The fourth-order valence-corrected chi connectivity index (χ4v) is 4.68. The molecule has 1 aromatic rings. The molecule has 80 valence electrons. The maximum atomic E-state index is 11.7. The summed E-state index contributed by atoms with van der Waals surface area (Å²) in [7, 11) is 0. The van der Waals surface area contributed by atoms with E-state index in [-0.39, 0.29) is 0 Å². The van der Waals surface area contributed by atoms with E-state index in [0.717, 1.165) is 11.8 Å². The van der Waals surface area contributed by atoms with Gasteiger partial charge in [-0.05, 0) is 29.4 Å².